The van der Waals surface area contributed by atoms with E-state index in [1.807, 2.05) is 0 Å². The van der Waals surface area contributed by atoms with Crippen LogP contribution >= 0.6 is 11.3 Å². The first-order valence-electron chi connectivity index (χ1n) is 7.56. The molecule has 0 radical (unpaired) electrons. The first-order valence-corrected chi connectivity index (χ1v) is 8.44. The van der Waals surface area contributed by atoms with E-state index in [-0.39, 0.29) is 11.5 Å². The second-order valence-corrected chi connectivity index (χ2v) is 7.38. The molecule has 118 valence electrons. The first kappa shape index (κ1) is 16.2. The zero-order valence-corrected chi connectivity index (χ0v) is 14.2. The predicted molar refractivity (Wildman–Crippen MR) is 87.8 cm³/mol. The third-order valence-corrected chi connectivity index (χ3v) is 4.32. The monoisotopic (exact) mass is 310 g/mol. The Morgan fingerprint density at radius 3 is 2.86 bits per heavy atom. The molecule has 1 atom stereocenters. The number of β-amino-alcohol motifs (C(OH)–C–C–N with tert-alkyl or cyclic N) is 1. The van der Waals surface area contributed by atoms with Crippen molar-refractivity contribution in [2.75, 3.05) is 19.6 Å². The largest absolute Gasteiger partial charge is 0.391 e. The Morgan fingerprint density at radius 2 is 2.33 bits per heavy atom. The van der Waals surface area contributed by atoms with Gasteiger partial charge in [0.15, 0.2) is 5.96 Å². The molecule has 0 aliphatic carbocycles. The Hall–Kier alpha value is -1.14. The quantitative estimate of drug-likeness (QED) is 0.662. The van der Waals surface area contributed by atoms with Gasteiger partial charge < -0.3 is 15.3 Å². The number of aliphatic imine (C=N–C) groups is 1. The number of thiazole rings is 1. The molecular weight excluding hydrogens is 284 g/mol. The van der Waals surface area contributed by atoms with Gasteiger partial charge in [0.05, 0.1) is 18.3 Å². The van der Waals surface area contributed by atoms with Crippen LogP contribution in [-0.2, 0) is 12.0 Å². The summed E-state index contributed by atoms with van der Waals surface area (Å²) in [5, 5.41) is 16.1. The lowest BCUT2D eigenvalue weighted by Gasteiger charge is -2.20. The van der Waals surface area contributed by atoms with E-state index >= 15 is 0 Å². The van der Waals surface area contributed by atoms with Crippen LogP contribution < -0.4 is 5.32 Å². The molecule has 1 aliphatic heterocycles. The van der Waals surface area contributed by atoms with Crippen molar-refractivity contribution in [1.82, 2.24) is 15.2 Å². The minimum absolute atomic E-state index is 0.0853. The highest BCUT2D eigenvalue weighted by atomic mass is 32.1. The molecule has 2 heterocycles. The highest BCUT2D eigenvalue weighted by Gasteiger charge is 2.23. The zero-order valence-electron chi connectivity index (χ0n) is 13.4. The highest BCUT2D eigenvalue weighted by Crippen LogP contribution is 2.24. The van der Waals surface area contributed by atoms with E-state index in [9.17, 15) is 5.11 Å². The molecule has 1 fully saturated rings. The number of nitrogens with zero attached hydrogens (tertiary/aromatic N) is 3. The van der Waals surface area contributed by atoms with Gasteiger partial charge in [-0.05, 0) is 13.3 Å². The molecule has 0 bridgehead atoms. The van der Waals surface area contributed by atoms with E-state index < -0.39 is 0 Å². The second kappa shape index (κ2) is 6.75. The summed E-state index contributed by atoms with van der Waals surface area (Å²) in [6, 6.07) is 0. The molecule has 6 heteroatoms. The average Bonchev–Trinajstić information content (AvgIpc) is 3.02. The van der Waals surface area contributed by atoms with Gasteiger partial charge in [-0.3, -0.25) is 0 Å². The molecular formula is C15H26N4OS. The van der Waals surface area contributed by atoms with Crippen LogP contribution in [0.1, 0.15) is 44.8 Å². The number of likely N-dealkylation sites (tertiary alicyclic amines) is 1. The number of hydrogen-bond acceptors (Lipinski definition) is 4. The molecule has 2 rings (SSSR count). The van der Waals surface area contributed by atoms with Crippen molar-refractivity contribution in [1.29, 1.82) is 0 Å². The molecule has 0 unspecified atom stereocenters. The topological polar surface area (TPSA) is 60.8 Å². The summed E-state index contributed by atoms with van der Waals surface area (Å²) in [7, 11) is 0. The van der Waals surface area contributed by atoms with Crippen molar-refractivity contribution >= 4 is 17.3 Å². The molecule has 0 spiro atoms. The van der Waals surface area contributed by atoms with Gasteiger partial charge in [-0.1, -0.05) is 20.8 Å². The lowest BCUT2D eigenvalue weighted by Crippen LogP contribution is -2.40. The van der Waals surface area contributed by atoms with Crippen LogP contribution in [0.4, 0.5) is 0 Å². The van der Waals surface area contributed by atoms with Crippen molar-refractivity contribution in [2.24, 2.45) is 4.99 Å². The van der Waals surface area contributed by atoms with E-state index in [2.05, 4.69) is 53.3 Å². The molecule has 1 saturated heterocycles. The van der Waals surface area contributed by atoms with Gasteiger partial charge in [-0.25, -0.2) is 9.98 Å². The standard InChI is InChI=1S/C15H26N4OS/c1-5-16-14(19-7-6-11(20)9-19)17-8-13-18-12(10-21-13)15(2,3)4/h10-11,20H,5-9H2,1-4H3,(H,16,17)/t11-/m1/s1. The lowest BCUT2D eigenvalue weighted by molar-refractivity contribution is 0.188. The van der Waals surface area contributed by atoms with E-state index in [1.54, 1.807) is 11.3 Å². The summed E-state index contributed by atoms with van der Waals surface area (Å²) in [4.78, 5) is 11.5. The van der Waals surface area contributed by atoms with Crippen molar-refractivity contribution in [3.8, 4) is 0 Å². The fraction of sp³-hybridized carbons (Fsp3) is 0.733. The van der Waals surface area contributed by atoms with Crippen molar-refractivity contribution in [3.05, 3.63) is 16.1 Å². The normalized spacial score (nSPS) is 20.1. The summed E-state index contributed by atoms with van der Waals surface area (Å²) < 4.78 is 0. The van der Waals surface area contributed by atoms with Gasteiger partial charge in [0.2, 0.25) is 0 Å². The van der Waals surface area contributed by atoms with Gasteiger partial charge in [-0.2, -0.15) is 0 Å². The van der Waals surface area contributed by atoms with Crippen LogP contribution in [0.5, 0.6) is 0 Å². The first-order chi connectivity index (χ1) is 9.90. The Balaban J connectivity index is 2.04. The molecule has 1 aliphatic rings. The molecule has 1 aromatic heterocycles. The Kier molecular flexibility index (Phi) is 5.22. The van der Waals surface area contributed by atoms with Gasteiger partial charge >= 0.3 is 0 Å². The smallest absolute Gasteiger partial charge is 0.194 e. The number of aliphatic hydroxyl groups excluding tert-OH is 1. The third-order valence-electron chi connectivity index (χ3n) is 3.48. The van der Waals surface area contributed by atoms with Crippen molar-refractivity contribution < 1.29 is 5.11 Å². The summed E-state index contributed by atoms with van der Waals surface area (Å²) in [6.45, 7) is 11.5. The Labute approximate surface area is 131 Å². The second-order valence-electron chi connectivity index (χ2n) is 6.44. The Morgan fingerprint density at radius 1 is 1.57 bits per heavy atom. The van der Waals surface area contributed by atoms with Crippen LogP contribution in [0.25, 0.3) is 0 Å². The van der Waals surface area contributed by atoms with Gasteiger partial charge in [0.1, 0.15) is 5.01 Å². The molecule has 0 aromatic carbocycles. The molecule has 0 saturated carbocycles. The van der Waals surface area contributed by atoms with Crippen LogP contribution in [0.2, 0.25) is 0 Å². The maximum Gasteiger partial charge on any atom is 0.194 e. The lowest BCUT2D eigenvalue weighted by atomic mass is 9.93. The number of guanidine groups is 1. The van der Waals surface area contributed by atoms with E-state index in [1.165, 1.54) is 0 Å². The van der Waals surface area contributed by atoms with Crippen LogP contribution in [0.3, 0.4) is 0 Å². The minimum Gasteiger partial charge on any atom is -0.391 e. The van der Waals surface area contributed by atoms with Gasteiger partial charge in [0.25, 0.3) is 0 Å². The fourth-order valence-electron chi connectivity index (χ4n) is 2.23. The predicted octanol–water partition coefficient (Wildman–Crippen LogP) is 1.97. The SMILES string of the molecule is CCNC(=NCc1nc(C(C)(C)C)cs1)N1CC[C@@H](O)C1. The number of aromatic nitrogens is 1. The maximum absolute atomic E-state index is 9.66. The summed E-state index contributed by atoms with van der Waals surface area (Å²) in [5.74, 6) is 0.876. The summed E-state index contributed by atoms with van der Waals surface area (Å²) in [6.07, 6.45) is 0.580. The van der Waals surface area contributed by atoms with Crippen molar-refractivity contribution in [2.45, 2.75) is 52.2 Å². The number of aliphatic hydroxyl groups is 1. The van der Waals surface area contributed by atoms with Gasteiger partial charge in [0, 0.05) is 30.4 Å². The number of nitrogens with one attached hydrogen (secondary N) is 1. The third kappa shape index (κ3) is 4.41. The molecule has 21 heavy (non-hydrogen) atoms. The number of hydrogen-bond donors (Lipinski definition) is 2. The fourth-order valence-corrected chi connectivity index (χ4v) is 3.17. The molecule has 5 nitrogen and oxygen atoms in total. The van der Waals surface area contributed by atoms with Crippen LogP contribution in [0, 0.1) is 0 Å². The number of rotatable bonds is 3. The maximum atomic E-state index is 9.66. The average molecular weight is 310 g/mol. The summed E-state index contributed by atoms with van der Waals surface area (Å²) in [5.41, 5.74) is 1.21. The summed E-state index contributed by atoms with van der Waals surface area (Å²) >= 11 is 1.67. The van der Waals surface area contributed by atoms with Crippen LogP contribution in [0.15, 0.2) is 10.4 Å². The molecule has 2 N–H and O–H groups in total. The molecule has 0 amide bonds. The zero-order chi connectivity index (χ0) is 15.5. The minimum atomic E-state index is -0.235. The van der Waals surface area contributed by atoms with Gasteiger partial charge in [-0.15, -0.1) is 11.3 Å². The highest BCUT2D eigenvalue weighted by molar-refractivity contribution is 7.09. The van der Waals surface area contributed by atoms with E-state index in [4.69, 9.17) is 0 Å². The van der Waals surface area contributed by atoms with E-state index in [0.29, 0.717) is 13.1 Å². The van der Waals surface area contributed by atoms with E-state index in [0.717, 1.165) is 36.2 Å². The molecule has 1 aromatic rings. The Bertz CT molecular complexity index is 492. The van der Waals surface area contributed by atoms with Crippen molar-refractivity contribution in [3.63, 3.8) is 0 Å². The van der Waals surface area contributed by atoms with Crippen LogP contribution in [-0.4, -0.2) is 46.7 Å².